The van der Waals surface area contributed by atoms with E-state index in [1.165, 1.54) is 13.5 Å². The molecule has 4 saturated carbocycles. The highest BCUT2D eigenvalue weighted by Crippen LogP contribution is 2.54. The fraction of sp³-hybridized carbons (Fsp3) is 0.593. The fourth-order valence-electron chi connectivity index (χ4n) is 6.86. The Kier molecular flexibility index (Phi) is 6.47. The number of carbonyl (C=O) groups is 3. The third-order valence-corrected chi connectivity index (χ3v) is 8.32. The number of esters is 1. The van der Waals surface area contributed by atoms with Crippen molar-refractivity contribution in [3.05, 3.63) is 36.0 Å². The zero-order valence-electron chi connectivity index (χ0n) is 20.5. The molecule has 0 aliphatic heterocycles. The van der Waals surface area contributed by atoms with Crippen LogP contribution in [-0.2, 0) is 25.5 Å². The quantitative estimate of drug-likeness (QED) is 0.498. The molecular formula is C27H35N3O5. The Labute approximate surface area is 205 Å². The summed E-state index contributed by atoms with van der Waals surface area (Å²) >= 11 is 0. The summed E-state index contributed by atoms with van der Waals surface area (Å²) in [6.45, 7) is 1.83. The molecule has 4 aliphatic rings. The van der Waals surface area contributed by atoms with Crippen LogP contribution in [0.5, 0.6) is 0 Å². The first kappa shape index (κ1) is 23.7. The van der Waals surface area contributed by atoms with E-state index in [2.05, 4.69) is 20.4 Å². The summed E-state index contributed by atoms with van der Waals surface area (Å²) in [5.41, 5.74) is 0.623. The molecule has 35 heavy (non-hydrogen) atoms. The van der Waals surface area contributed by atoms with Crippen LogP contribution in [-0.4, -0.2) is 48.3 Å². The zero-order chi connectivity index (χ0) is 24.6. The number of hydrogen-bond acceptors (Lipinski definition) is 5. The number of para-hydroxylation sites is 1. The lowest BCUT2D eigenvalue weighted by Gasteiger charge is -2.53. The lowest BCUT2D eigenvalue weighted by Crippen LogP contribution is -2.60. The third-order valence-electron chi connectivity index (χ3n) is 8.32. The molecule has 1 atom stereocenters. The number of amides is 2. The number of methoxy groups -OCH3 is 1. The van der Waals surface area contributed by atoms with Gasteiger partial charge in [0.15, 0.2) is 0 Å². The molecule has 188 valence electrons. The van der Waals surface area contributed by atoms with Gasteiger partial charge in [-0.05, 0) is 74.3 Å². The number of H-pyrrole nitrogens is 1. The van der Waals surface area contributed by atoms with E-state index in [1.54, 1.807) is 6.92 Å². The summed E-state index contributed by atoms with van der Waals surface area (Å²) in [6.07, 6.45) is 7.50. The average molecular weight is 482 g/mol. The highest BCUT2D eigenvalue weighted by molar-refractivity contribution is 5.91. The maximum Gasteiger partial charge on any atom is 0.408 e. The highest BCUT2D eigenvalue weighted by Gasteiger charge is 2.50. The van der Waals surface area contributed by atoms with E-state index in [1.807, 2.05) is 30.5 Å². The predicted molar refractivity (Wildman–Crippen MR) is 131 cm³/mol. The molecule has 2 amide bonds. The number of benzene rings is 1. The second-order valence-electron chi connectivity index (χ2n) is 10.9. The van der Waals surface area contributed by atoms with Gasteiger partial charge >= 0.3 is 12.1 Å². The summed E-state index contributed by atoms with van der Waals surface area (Å²) in [4.78, 5) is 41.2. The van der Waals surface area contributed by atoms with E-state index < -0.39 is 17.6 Å². The highest BCUT2D eigenvalue weighted by atomic mass is 16.6. The zero-order valence-corrected chi connectivity index (χ0v) is 20.5. The Balaban J connectivity index is 1.30. The summed E-state index contributed by atoms with van der Waals surface area (Å²) in [6, 6.07) is 7.85. The van der Waals surface area contributed by atoms with Crippen molar-refractivity contribution in [3.63, 3.8) is 0 Å². The topological polar surface area (TPSA) is 110 Å². The van der Waals surface area contributed by atoms with Gasteiger partial charge < -0.3 is 25.1 Å². The number of ether oxygens (including phenoxy) is 2. The molecular weight excluding hydrogens is 446 g/mol. The summed E-state index contributed by atoms with van der Waals surface area (Å²) in [5, 5.41) is 6.69. The molecule has 0 spiro atoms. The maximum absolute atomic E-state index is 13.3. The van der Waals surface area contributed by atoms with Crippen molar-refractivity contribution in [2.24, 2.45) is 23.7 Å². The first-order chi connectivity index (χ1) is 16.8. The lowest BCUT2D eigenvalue weighted by atomic mass is 9.55. The van der Waals surface area contributed by atoms with Crippen molar-refractivity contribution in [1.29, 1.82) is 0 Å². The third kappa shape index (κ3) is 4.88. The summed E-state index contributed by atoms with van der Waals surface area (Å²) in [5.74, 6) is 1.67. The minimum absolute atomic E-state index is 0.0591. The Morgan fingerprint density at radius 3 is 2.43 bits per heavy atom. The second kappa shape index (κ2) is 9.55. The van der Waals surface area contributed by atoms with Gasteiger partial charge in [-0.3, -0.25) is 9.59 Å². The molecule has 1 aromatic heterocycles. The van der Waals surface area contributed by atoms with E-state index in [-0.39, 0.29) is 31.4 Å². The van der Waals surface area contributed by atoms with Gasteiger partial charge in [-0.1, -0.05) is 18.2 Å². The SMILES string of the molecule is COC(=O)CCNC(=O)C(C)(Cc1c[nH]c2ccccc12)NC(=O)OC1C2CC3CC(C2)CC1C3. The van der Waals surface area contributed by atoms with Gasteiger partial charge in [0.05, 0.1) is 13.5 Å². The summed E-state index contributed by atoms with van der Waals surface area (Å²) in [7, 11) is 1.31. The average Bonchev–Trinajstić information content (AvgIpc) is 3.23. The molecule has 2 aromatic rings. The molecule has 1 unspecified atom stereocenters. The fourth-order valence-corrected chi connectivity index (χ4v) is 6.86. The number of nitrogens with one attached hydrogen (secondary N) is 3. The van der Waals surface area contributed by atoms with Crippen LogP contribution in [0.25, 0.3) is 10.9 Å². The Morgan fingerprint density at radius 1 is 1.06 bits per heavy atom. The molecule has 4 bridgehead atoms. The van der Waals surface area contributed by atoms with Crippen LogP contribution >= 0.6 is 0 Å². The van der Waals surface area contributed by atoms with Crippen LogP contribution in [0, 0.1) is 23.7 Å². The van der Waals surface area contributed by atoms with Crippen LogP contribution in [0.15, 0.2) is 30.5 Å². The molecule has 3 N–H and O–H groups in total. The van der Waals surface area contributed by atoms with Gasteiger partial charge in [-0.15, -0.1) is 0 Å². The van der Waals surface area contributed by atoms with Crippen molar-refractivity contribution in [2.45, 2.75) is 63.5 Å². The molecule has 1 aromatic carbocycles. The van der Waals surface area contributed by atoms with Crippen LogP contribution < -0.4 is 10.6 Å². The van der Waals surface area contributed by atoms with Crippen molar-refractivity contribution in [2.75, 3.05) is 13.7 Å². The van der Waals surface area contributed by atoms with Gasteiger partial charge in [0, 0.05) is 30.1 Å². The molecule has 0 saturated heterocycles. The standard InChI is InChI=1S/C27H35N3O5/c1-27(25(32)28-8-7-23(31)34-2,14-20-15-29-22-6-4-3-5-21(20)22)30-26(33)35-24-18-10-16-9-17(12-18)13-19(24)11-16/h3-6,15-19,24,29H,7-14H2,1-2H3,(H,28,32)(H,30,33). The van der Waals surface area contributed by atoms with Gasteiger partial charge in [0.2, 0.25) is 5.91 Å². The van der Waals surface area contributed by atoms with Crippen LogP contribution in [0.2, 0.25) is 0 Å². The second-order valence-corrected chi connectivity index (χ2v) is 10.9. The van der Waals surface area contributed by atoms with Crippen LogP contribution in [0.1, 0.15) is 51.0 Å². The molecule has 1 heterocycles. The number of aromatic amines is 1. The van der Waals surface area contributed by atoms with E-state index in [9.17, 15) is 14.4 Å². The molecule has 8 nitrogen and oxygen atoms in total. The molecule has 8 heteroatoms. The monoisotopic (exact) mass is 481 g/mol. The minimum Gasteiger partial charge on any atom is -0.469 e. The summed E-state index contributed by atoms with van der Waals surface area (Å²) < 4.78 is 10.7. The number of hydrogen-bond donors (Lipinski definition) is 3. The predicted octanol–water partition coefficient (Wildman–Crippen LogP) is 3.70. The number of carbonyl (C=O) groups excluding carboxylic acids is 3. The Morgan fingerprint density at radius 2 is 1.74 bits per heavy atom. The molecule has 0 radical (unpaired) electrons. The lowest BCUT2D eigenvalue weighted by molar-refractivity contribution is -0.140. The largest absolute Gasteiger partial charge is 0.469 e. The van der Waals surface area contributed by atoms with Gasteiger partial charge in [0.1, 0.15) is 11.6 Å². The normalized spacial score (nSPS) is 28.3. The number of alkyl carbamates (subject to hydrolysis) is 1. The number of fused-ring (bicyclic) bond motifs is 1. The maximum atomic E-state index is 13.3. The van der Waals surface area contributed by atoms with Crippen molar-refractivity contribution < 1.29 is 23.9 Å². The smallest absolute Gasteiger partial charge is 0.408 e. The van der Waals surface area contributed by atoms with Crippen LogP contribution in [0.4, 0.5) is 4.79 Å². The first-order valence-corrected chi connectivity index (χ1v) is 12.7. The van der Waals surface area contributed by atoms with Crippen LogP contribution in [0.3, 0.4) is 0 Å². The van der Waals surface area contributed by atoms with Crippen molar-refractivity contribution >= 4 is 28.9 Å². The van der Waals surface area contributed by atoms with Crippen molar-refractivity contribution in [3.8, 4) is 0 Å². The van der Waals surface area contributed by atoms with Gasteiger partial charge in [-0.25, -0.2) is 4.79 Å². The molecule has 4 fully saturated rings. The molecule has 4 aliphatic carbocycles. The van der Waals surface area contributed by atoms with E-state index in [0.29, 0.717) is 11.8 Å². The molecule has 6 rings (SSSR count). The number of aromatic nitrogens is 1. The van der Waals surface area contributed by atoms with E-state index in [0.717, 1.165) is 54.0 Å². The van der Waals surface area contributed by atoms with E-state index >= 15 is 0 Å². The minimum atomic E-state index is -1.26. The van der Waals surface area contributed by atoms with Gasteiger partial charge in [0.25, 0.3) is 0 Å². The van der Waals surface area contributed by atoms with Crippen molar-refractivity contribution in [1.82, 2.24) is 15.6 Å². The van der Waals surface area contributed by atoms with Gasteiger partial charge in [-0.2, -0.15) is 0 Å². The van der Waals surface area contributed by atoms with E-state index in [4.69, 9.17) is 4.74 Å². The first-order valence-electron chi connectivity index (χ1n) is 12.7. The number of rotatable bonds is 8. The Hall–Kier alpha value is -3.03. The Bertz CT molecular complexity index is 1080.